The van der Waals surface area contributed by atoms with E-state index in [9.17, 15) is 10.1 Å². The zero-order valence-electron chi connectivity index (χ0n) is 7.40. The molecular weight excluding hydrogens is 238 g/mol. The second-order valence-corrected chi connectivity index (χ2v) is 4.41. The third-order valence-corrected chi connectivity index (χ3v) is 2.03. The lowest BCUT2D eigenvalue weighted by atomic mass is 10.2. The smallest absolute Gasteiger partial charge is 0.265 e. The van der Waals surface area contributed by atoms with E-state index in [0.29, 0.717) is 12.1 Å². The van der Waals surface area contributed by atoms with E-state index in [1.54, 1.807) is 7.05 Å². The molecule has 0 N–H and O–H groups in total. The summed E-state index contributed by atoms with van der Waals surface area (Å²) in [7, 11) is 1.71. The predicted octanol–water partition coefficient (Wildman–Crippen LogP) is 1.65. The van der Waals surface area contributed by atoms with Gasteiger partial charge in [0.05, 0.1) is 4.92 Å². The molecule has 72 valence electrons. The summed E-state index contributed by atoms with van der Waals surface area (Å²) in [5.74, 6) is 0. The Labute approximate surface area is 84.0 Å². The van der Waals surface area contributed by atoms with Crippen LogP contribution in [-0.4, -0.2) is 19.5 Å². The van der Waals surface area contributed by atoms with E-state index in [0.717, 1.165) is 0 Å². The molecule has 1 rings (SSSR count). The first-order valence-electron chi connectivity index (χ1n) is 3.81. The summed E-state index contributed by atoms with van der Waals surface area (Å²) in [4.78, 5) is 10.4. The molecule has 0 aromatic carbocycles. The molecule has 0 aliphatic heterocycles. The molecule has 1 unspecified atom stereocenters. The predicted molar refractivity (Wildman–Crippen MR) is 52.0 cm³/mol. The summed E-state index contributed by atoms with van der Waals surface area (Å²) in [5.41, 5.74) is 0.739. The summed E-state index contributed by atoms with van der Waals surface area (Å²) in [5, 5.41) is 14.4. The Kier molecular flexibility index (Phi) is 3.02. The van der Waals surface area contributed by atoms with Crippen LogP contribution in [0.4, 0.5) is 5.69 Å². The third kappa shape index (κ3) is 2.27. The zero-order chi connectivity index (χ0) is 10.0. The molecule has 0 saturated carbocycles. The Bertz CT molecular complexity index is 322. The second-order valence-electron chi connectivity index (χ2n) is 2.84. The largest absolute Gasteiger partial charge is 0.310 e. The van der Waals surface area contributed by atoms with E-state index in [1.807, 2.05) is 6.92 Å². The van der Waals surface area contributed by atoms with Gasteiger partial charge in [0, 0.05) is 18.3 Å². The van der Waals surface area contributed by atoms with Gasteiger partial charge in [-0.1, -0.05) is 22.9 Å². The van der Waals surface area contributed by atoms with Gasteiger partial charge in [0.1, 0.15) is 11.9 Å². The van der Waals surface area contributed by atoms with Crippen LogP contribution in [0.2, 0.25) is 0 Å². The zero-order valence-corrected chi connectivity index (χ0v) is 8.98. The lowest BCUT2D eigenvalue weighted by Crippen LogP contribution is -2.06. The Balaban J connectivity index is 3.01. The van der Waals surface area contributed by atoms with E-state index in [-0.39, 0.29) is 10.5 Å². The van der Waals surface area contributed by atoms with Crippen molar-refractivity contribution in [3.05, 3.63) is 22.0 Å². The van der Waals surface area contributed by atoms with Crippen LogP contribution < -0.4 is 0 Å². The van der Waals surface area contributed by atoms with Gasteiger partial charge >= 0.3 is 5.69 Å². The minimum atomic E-state index is -0.405. The molecular formula is C7H10BrN3O2. The molecule has 5 nitrogen and oxygen atoms in total. The third-order valence-electron chi connectivity index (χ3n) is 1.71. The Morgan fingerprint density at radius 3 is 2.92 bits per heavy atom. The van der Waals surface area contributed by atoms with Crippen molar-refractivity contribution < 1.29 is 4.92 Å². The van der Waals surface area contributed by atoms with E-state index in [4.69, 9.17) is 0 Å². The van der Waals surface area contributed by atoms with Crippen molar-refractivity contribution in [2.75, 3.05) is 0 Å². The van der Waals surface area contributed by atoms with Gasteiger partial charge in [-0.15, -0.1) is 0 Å². The molecule has 0 bridgehead atoms. The molecule has 0 amide bonds. The molecule has 1 aromatic rings. The van der Waals surface area contributed by atoms with Gasteiger partial charge in [-0.05, 0) is 0 Å². The standard InChI is InChI=1S/C7H10BrN3O2/c1-5(8)3-6-7(11(12)13)4-9-10(6)2/h4-5H,3H2,1-2H3. The highest BCUT2D eigenvalue weighted by atomic mass is 79.9. The van der Waals surface area contributed by atoms with Crippen molar-refractivity contribution in [1.29, 1.82) is 0 Å². The first-order chi connectivity index (χ1) is 6.02. The average molecular weight is 248 g/mol. The Morgan fingerprint density at radius 2 is 2.46 bits per heavy atom. The highest BCUT2D eigenvalue weighted by Crippen LogP contribution is 2.20. The van der Waals surface area contributed by atoms with Crippen LogP contribution in [0.1, 0.15) is 12.6 Å². The lowest BCUT2D eigenvalue weighted by molar-refractivity contribution is -0.385. The second kappa shape index (κ2) is 3.87. The summed E-state index contributed by atoms with van der Waals surface area (Å²) in [6.45, 7) is 1.94. The number of rotatable bonds is 3. The van der Waals surface area contributed by atoms with Crippen LogP contribution in [0, 0.1) is 10.1 Å². The van der Waals surface area contributed by atoms with Crippen LogP contribution in [0.25, 0.3) is 0 Å². The van der Waals surface area contributed by atoms with Crippen molar-refractivity contribution in [2.45, 2.75) is 18.2 Å². The van der Waals surface area contributed by atoms with Crippen molar-refractivity contribution in [2.24, 2.45) is 7.05 Å². The van der Waals surface area contributed by atoms with E-state index in [2.05, 4.69) is 21.0 Å². The molecule has 0 radical (unpaired) electrons. The van der Waals surface area contributed by atoms with Crippen LogP contribution in [0.3, 0.4) is 0 Å². The molecule has 0 aliphatic rings. The minimum Gasteiger partial charge on any atom is -0.265 e. The first kappa shape index (κ1) is 10.2. The van der Waals surface area contributed by atoms with Gasteiger partial charge in [0.25, 0.3) is 0 Å². The molecule has 1 heterocycles. The molecule has 13 heavy (non-hydrogen) atoms. The minimum absolute atomic E-state index is 0.0915. The first-order valence-corrected chi connectivity index (χ1v) is 4.73. The van der Waals surface area contributed by atoms with Gasteiger partial charge in [-0.2, -0.15) is 5.10 Å². The van der Waals surface area contributed by atoms with Gasteiger partial charge in [-0.3, -0.25) is 14.8 Å². The highest BCUT2D eigenvalue weighted by molar-refractivity contribution is 9.09. The normalized spacial score (nSPS) is 12.8. The Morgan fingerprint density at radius 1 is 1.85 bits per heavy atom. The summed E-state index contributed by atoms with van der Waals surface area (Å²) < 4.78 is 1.54. The van der Waals surface area contributed by atoms with Gasteiger partial charge in [0.15, 0.2) is 0 Å². The van der Waals surface area contributed by atoms with Crippen molar-refractivity contribution in [1.82, 2.24) is 9.78 Å². The number of nitro groups is 1. The number of halogens is 1. The van der Waals surface area contributed by atoms with Crippen molar-refractivity contribution in [3.8, 4) is 0 Å². The quantitative estimate of drug-likeness (QED) is 0.464. The highest BCUT2D eigenvalue weighted by Gasteiger charge is 2.19. The van der Waals surface area contributed by atoms with Crippen molar-refractivity contribution in [3.63, 3.8) is 0 Å². The van der Waals surface area contributed by atoms with Gasteiger partial charge < -0.3 is 0 Å². The summed E-state index contributed by atoms with van der Waals surface area (Å²) in [6, 6.07) is 0. The number of hydrogen-bond acceptors (Lipinski definition) is 3. The maximum atomic E-state index is 10.6. The van der Waals surface area contributed by atoms with Crippen LogP contribution in [0.15, 0.2) is 6.20 Å². The lowest BCUT2D eigenvalue weighted by Gasteiger charge is -2.02. The van der Waals surface area contributed by atoms with E-state index in [1.165, 1.54) is 10.9 Å². The SMILES string of the molecule is CC(Br)Cc1c([N+](=O)[O-])cnn1C. The Hall–Kier alpha value is -0.910. The number of alkyl halides is 1. The number of aryl methyl sites for hydroxylation is 1. The van der Waals surface area contributed by atoms with Crippen LogP contribution in [-0.2, 0) is 13.5 Å². The molecule has 0 spiro atoms. The van der Waals surface area contributed by atoms with Crippen LogP contribution >= 0.6 is 15.9 Å². The fourth-order valence-corrected chi connectivity index (χ4v) is 1.41. The molecule has 1 aromatic heterocycles. The summed E-state index contributed by atoms with van der Waals surface area (Å²) >= 11 is 3.35. The number of hydrogen-bond donors (Lipinski definition) is 0. The van der Waals surface area contributed by atoms with Crippen molar-refractivity contribution >= 4 is 21.6 Å². The molecule has 6 heteroatoms. The van der Waals surface area contributed by atoms with E-state index < -0.39 is 4.92 Å². The van der Waals surface area contributed by atoms with Gasteiger partial charge in [0.2, 0.25) is 0 Å². The van der Waals surface area contributed by atoms with Crippen LogP contribution in [0.5, 0.6) is 0 Å². The molecule has 0 aliphatic carbocycles. The topological polar surface area (TPSA) is 61.0 Å². The maximum Gasteiger partial charge on any atom is 0.310 e. The average Bonchev–Trinajstić information content (AvgIpc) is 2.32. The van der Waals surface area contributed by atoms with E-state index >= 15 is 0 Å². The molecule has 0 saturated heterocycles. The fraction of sp³-hybridized carbons (Fsp3) is 0.571. The summed E-state index contributed by atoms with van der Waals surface area (Å²) in [6.07, 6.45) is 1.89. The molecule has 1 atom stereocenters. The number of aromatic nitrogens is 2. The number of nitrogens with zero attached hydrogens (tertiary/aromatic N) is 3. The van der Waals surface area contributed by atoms with Gasteiger partial charge in [-0.25, -0.2) is 0 Å². The fourth-order valence-electron chi connectivity index (χ4n) is 1.11. The maximum absolute atomic E-state index is 10.6. The molecule has 0 fully saturated rings. The monoisotopic (exact) mass is 247 g/mol.